The van der Waals surface area contributed by atoms with Crippen molar-refractivity contribution in [1.29, 1.82) is 0 Å². The summed E-state index contributed by atoms with van der Waals surface area (Å²) in [6, 6.07) is 0. The molecular formula is C11H16ClN3O. The first kappa shape index (κ1) is 11.5. The van der Waals surface area contributed by atoms with Gasteiger partial charge in [-0.3, -0.25) is 4.79 Å². The first-order valence-corrected chi connectivity index (χ1v) is 6.02. The van der Waals surface area contributed by atoms with E-state index in [1.165, 1.54) is 23.9 Å². The maximum Gasteiger partial charge on any atom is 0.287 e. The zero-order chi connectivity index (χ0) is 11.5. The third-order valence-corrected chi connectivity index (χ3v) is 3.54. The highest BCUT2D eigenvalue weighted by Crippen LogP contribution is 2.29. The van der Waals surface area contributed by atoms with Crippen LogP contribution in [0.15, 0.2) is 11.0 Å². The summed E-state index contributed by atoms with van der Waals surface area (Å²) < 4.78 is 1.24. The lowest BCUT2D eigenvalue weighted by molar-refractivity contribution is 0.303. The van der Waals surface area contributed by atoms with E-state index in [1.807, 2.05) is 0 Å². The Labute approximate surface area is 99.6 Å². The Kier molecular flexibility index (Phi) is 3.49. The Hall–Kier alpha value is -1.03. The van der Waals surface area contributed by atoms with Crippen LogP contribution in [0, 0.1) is 5.92 Å². The molecule has 4 nitrogen and oxygen atoms in total. The molecule has 0 atom stereocenters. The van der Waals surface area contributed by atoms with E-state index in [0.717, 1.165) is 18.9 Å². The summed E-state index contributed by atoms with van der Waals surface area (Å²) in [4.78, 5) is 11.5. The van der Waals surface area contributed by atoms with Gasteiger partial charge in [0.1, 0.15) is 5.02 Å². The summed E-state index contributed by atoms with van der Waals surface area (Å²) in [5, 5.41) is 7.33. The molecule has 1 heterocycles. The molecular weight excluding hydrogens is 226 g/mol. The number of rotatable bonds is 4. The van der Waals surface area contributed by atoms with E-state index in [9.17, 15) is 4.79 Å². The third kappa shape index (κ3) is 2.38. The summed E-state index contributed by atoms with van der Waals surface area (Å²) in [6.45, 7) is 0.860. The quantitative estimate of drug-likeness (QED) is 0.878. The van der Waals surface area contributed by atoms with E-state index in [-0.39, 0.29) is 10.6 Å². The number of nitrogens with zero attached hydrogens (tertiary/aromatic N) is 2. The van der Waals surface area contributed by atoms with E-state index in [1.54, 1.807) is 13.2 Å². The van der Waals surface area contributed by atoms with Crippen LogP contribution in [-0.2, 0) is 7.05 Å². The van der Waals surface area contributed by atoms with Crippen LogP contribution in [-0.4, -0.2) is 16.3 Å². The third-order valence-electron chi connectivity index (χ3n) is 3.17. The van der Waals surface area contributed by atoms with Crippen molar-refractivity contribution >= 4 is 17.3 Å². The second-order valence-electron chi connectivity index (χ2n) is 4.31. The van der Waals surface area contributed by atoms with Gasteiger partial charge in [-0.1, -0.05) is 30.9 Å². The Bertz CT molecular complexity index is 426. The highest BCUT2D eigenvalue weighted by molar-refractivity contribution is 6.32. The van der Waals surface area contributed by atoms with Crippen LogP contribution in [0.3, 0.4) is 0 Å². The summed E-state index contributed by atoms with van der Waals surface area (Å²) in [7, 11) is 1.59. The van der Waals surface area contributed by atoms with Gasteiger partial charge in [-0.2, -0.15) is 5.10 Å². The number of nitrogens with one attached hydrogen (secondary N) is 1. The van der Waals surface area contributed by atoms with Gasteiger partial charge in [0.05, 0.1) is 11.9 Å². The molecule has 0 amide bonds. The summed E-state index contributed by atoms with van der Waals surface area (Å²) in [5.41, 5.74) is 0.388. The molecule has 16 heavy (non-hydrogen) atoms. The van der Waals surface area contributed by atoms with E-state index >= 15 is 0 Å². The monoisotopic (exact) mass is 241 g/mol. The van der Waals surface area contributed by atoms with Gasteiger partial charge in [0.15, 0.2) is 0 Å². The Balaban J connectivity index is 1.93. The molecule has 1 aliphatic rings. The molecule has 0 saturated heterocycles. The SMILES string of the molecule is Cn1ncc(NCCC2CCC2)c(Cl)c1=O. The smallest absolute Gasteiger partial charge is 0.287 e. The highest BCUT2D eigenvalue weighted by atomic mass is 35.5. The zero-order valence-corrected chi connectivity index (χ0v) is 10.1. The zero-order valence-electron chi connectivity index (χ0n) is 9.37. The van der Waals surface area contributed by atoms with Crippen molar-refractivity contribution in [2.24, 2.45) is 13.0 Å². The molecule has 0 aliphatic heterocycles. The van der Waals surface area contributed by atoms with Crippen molar-refractivity contribution in [2.45, 2.75) is 25.7 Å². The first-order valence-electron chi connectivity index (χ1n) is 5.64. The average Bonchev–Trinajstić information content (AvgIpc) is 2.21. The second-order valence-corrected chi connectivity index (χ2v) is 4.69. The minimum Gasteiger partial charge on any atom is -0.382 e. The normalized spacial score (nSPS) is 15.9. The predicted molar refractivity (Wildman–Crippen MR) is 64.9 cm³/mol. The lowest BCUT2D eigenvalue weighted by atomic mass is 9.83. The second kappa shape index (κ2) is 4.87. The van der Waals surface area contributed by atoms with Gasteiger partial charge < -0.3 is 5.32 Å². The maximum atomic E-state index is 11.5. The minimum absolute atomic E-state index is 0.228. The molecule has 0 unspecified atom stereocenters. The lowest BCUT2D eigenvalue weighted by Crippen LogP contribution is -2.22. The van der Waals surface area contributed by atoms with Gasteiger partial charge in [0, 0.05) is 13.6 Å². The van der Waals surface area contributed by atoms with Crippen molar-refractivity contribution in [3.8, 4) is 0 Å². The van der Waals surface area contributed by atoms with Crippen molar-refractivity contribution in [3.05, 3.63) is 21.6 Å². The molecule has 0 spiro atoms. The van der Waals surface area contributed by atoms with Gasteiger partial charge in [-0.05, 0) is 12.3 Å². The topological polar surface area (TPSA) is 46.9 Å². The van der Waals surface area contributed by atoms with Gasteiger partial charge in [0.2, 0.25) is 0 Å². The van der Waals surface area contributed by atoms with Gasteiger partial charge in [-0.25, -0.2) is 4.68 Å². The van der Waals surface area contributed by atoms with Gasteiger partial charge >= 0.3 is 0 Å². The van der Waals surface area contributed by atoms with Crippen LogP contribution in [0.25, 0.3) is 0 Å². The predicted octanol–water partition coefficient (Wildman–Crippen LogP) is 2.04. The first-order chi connectivity index (χ1) is 7.68. The average molecular weight is 242 g/mol. The van der Waals surface area contributed by atoms with Crippen LogP contribution in [0.5, 0.6) is 0 Å². The molecule has 88 valence electrons. The van der Waals surface area contributed by atoms with Gasteiger partial charge in [0.25, 0.3) is 5.56 Å². The van der Waals surface area contributed by atoms with Crippen molar-refractivity contribution < 1.29 is 0 Å². The van der Waals surface area contributed by atoms with Crippen molar-refractivity contribution in [2.75, 3.05) is 11.9 Å². The van der Waals surface area contributed by atoms with Crippen molar-refractivity contribution in [3.63, 3.8) is 0 Å². The Morgan fingerprint density at radius 1 is 1.62 bits per heavy atom. The number of anilines is 1. The number of aromatic nitrogens is 2. The largest absolute Gasteiger partial charge is 0.382 e. The molecule has 1 aliphatic carbocycles. The molecule has 1 aromatic rings. The number of hydrogen-bond donors (Lipinski definition) is 1. The van der Waals surface area contributed by atoms with Crippen LogP contribution >= 0.6 is 11.6 Å². The standard InChI is InChI=1S/C11H16ClN3O/c1-15-11(16)10(12)9(7-14-15)13-6-5-8-3-2-4-8/h7-8,13H,2-6H2,1H3. The lowest BCUT2D eigenvalue weighted by Gasteiger charge is -2.25. The van der Waals surface area contributed by atoms with E-state index in [0.29, 0.717) is 5.69 Å². The highest BCUT2D eigenvalue weighted by Gasteiger charge is 2.16. The molecule has 0 bridgehead atoms. The minimum atomic E-state index is -0.254. The molecule has 1 saturated carbocycles. The molecule has 0 radical (unpaired) electrons. The fourth-order valence-electron chi connectivity index (χ4n) is 1.83. The fraction of sp³-hybridized carbons (Fsp3) is 0.636. The van der Waals surface area contributed by atoms with E-state index in [2.05, 4.69) is 10.4 Å². The maximum absolute atomic E-state index is 11.5. The van der Waals surface area contributed by atoms with Crippen LogP contribution in [0.1, 0.15) is 25.7 Å². The summed E-state index contributed by atoms with van der Waals surface area (Å²) in [6.07, 6.45) is 6.78. The number of hydrogen-bond acceptors (Lipinski definition) is 3. The Morgan fingerprint density at radius 2 is 2.38 bits per heavy atom. The van der Waals surface area contributed by atoms with E-state index in [4.69, 9.17) is 11.6 Å². The van der Waals surface area contributed by atoms with E-state index < -0.39 is 0 Å². The van der Waals surface area contributed by atoms with Gasteiger partial charge in [-0.15, -0.1) is 0 Å². The summed E-state index contributed by atoms with van der Waals surface area (Å²) >= 11 is 5.93. The fourth-order valence-corrected chi connectivity index (χ4v) is 2.06. The summed E-state index contributed by atoms with van der Waals surface area (Å²) in [5.74, 6) is 0.853. The number of halogens is 1. The van der Waals surface area contributed by atoms with Crippen LogP contribution in [0.2, 0.25) is 5.02 Å². The molecule has 1 N–H and O–H groups in total. The molecule has 5 heteroatoms. The number of aryl methyl sites for hydroxylation is 1. The molecule has 0 aromatic carbocycles. The van der Waals surface area contributed by atoms with Crippen LogP contribution in [0.4, 0.5) is 5.69 Å². The molecule has 1 fully saturated rings. The van der Waals surface area contributed by atoms with Crippen molar-refractivity contribution in [1.82, 2.24) is 9.78 Å². The Morgan fingerprint density at radius 3 is 3.00 bits per heavy atom. The molecule has 1 aromatic heterocycles. The van der Waals surface area contributed by atoms with Crippen LogP contribution < -0.4 is 10.9 Å². The molecule has 2 rings (SSSR count).